The van der Waals surface area contributed by atoms with Gasteiger partial charge in [0.2, 0.25) is 11.7 Å². The van der Waals surface area contributed by atoms with Crippen molar-refractivity contribution in [1.82, 2.24) is 15.3 Å². The molecule has 8 heteroatoms. The van der Waals surface area contributed by atoms with E-state index >= 15 is 0 Å². The van der Waals surface area contributed by atoms with Crippen LogP contribution in [0, 0.1) is 0 Å². The van der Waals surface area contributed by atoms with Gasteiger partial charge in [-0.2, -0.15) is 13.2 Å². The first kappa shape index (κ1) is 17.3. The van der Waals surface area contributed by atoms with E-state index in [-0.39, 0.29) is 16.4 Å². The lowest BCUT2D eigenvalue weighted by Crippen LogP contribution is -2.31. The van der Waals surface area contributed by atoms with Crippen molar-refractivity contribution >= 4 is 28.6 Å². The molecule has 2 rings (SSSR count). The van der Waals surface area contributed by atoms with Crippen LogP contribution in [0.25, 0.3) is 10.9 Å². The highest BCUT2D eigenvalue weighted by molar-refractivity contribution is 8.00. The Balaban J connectivity index is 2.38. The van der Waals surface area contributed by atoms with E-state index < -0.39 is 17.3 Å². The minimum absolute atomic E-state index is 0.129. The number of thioether (sulfide) groups is 1. The Hall–Kier alpha value is -2.09. The molecule has 0 spiro atoms. The van der Waals surface area contributed by atoms with E-state index in [0.29, 0.717) is 11.9 Å². The molecule has 0 radical (unpaired) electrons. The quantitative estimate of drug-likeness (QED) is 0.514. The van der Waals surface area contributed by atoms with E-state index in [4.69, 9.17) is 0 Å². The van der Waals surface area contributed by atoms with Gasteiger partial charge in [-0.25, -0.2) is 9.97 Å². The fourth-order valence-corrected chi connectivity index (χ4v) is 2.77. The summed E-state index contributed by atoms with van der Waals surface area (Å²) in [5.41, 5.74) is 0.191. The minimum atomic E-state index is -4.65. The van der Waals surface area contributed by atoms with Crippen LogP contribution in [0.3, 0.4) is 0 Å². The molecule has 0 aliphatic rings. The van der Waals surface area contributed by atoms with Gasteiger partial charge in [-0.1, -0.05) is 36.0 Å². The number of nitrogens with one attached hydrogen (secondary N) is 1. The van der Waals surface area contributed by atoms with Crippen molar-refractivity contribution in [1.29, 1.82) is 0 Å². The topological polar surface area (TPSA) is 54.9 Å². The highest BCUT2D eigenvalue weighted by Crippen LogP contribution is 2.33. The lowest BCUT2D eigenvalue weighted by atomic mass is 10.2. The Kier molecular flexibility index (Phi) is 5.25. The molecule has 0 saturated heterocycles. The minimum Gasteiger partial charge on any atom is -0.352 e. The van der Waals surface area contributed by atoms with Gasteiger partial charge in [0.1, 0.15) is 5.03 Å². The van der Waals surface area contributed by atoms with Crippen LogP contribution in [0.2, 0.25) is 0 Å². The summed E-state index contributed by atoms with van der Waals surface area (Å²) in [6.45, 7) is 5.39. The van der Waals surface area contributed by atoms with Crippen LogP contribution in [0.4, 0.5) is 13.2 Å². The number of aromatic nitrogens is 2. The Morgan fingerprint density at radius 3 is 2.74 bits per heavy atom. The molecule has 0 bridgehead atoms. The van der Waals surface area contributed by atoms with Crippen LogP contribution in [-0.4, -0.2) is 27.7 Å². The van der Waals surface area contributed by atoms with Crippen LogP contribution >= 0.6 is 11.8 Å². The number of fused-ring (bicyclic) bond motifs is 1. The molecule has 1 heterocycles. The zero-order chi connectivity index (χ0) is 17.0. The molecule has 0 fully saturated rings. The number of hydrogen-bond donors (Lipinski definition) is 1. The summed E-state index contributed by atoms with van der Waals surface area (Å²) in [6.07, 6.45) is -3.12. The standard InChI is InChI=1S/C15H14F3N3OS/c1-3-8-19-12(22)9(2)23-13-10-6-4-5-7-11(10)20-14(21-13)15(16,17)18/h3-7,9H,1,8H2,2H3,(H,19,22). The molecule has 1 atom stereocenters. The van der Waals surface area contributed by atoms with Crippen LogP contribution in [0.5, 0.6) is 0 Å². The molecular weight excluding hydrogens is 327 g/mol. The normalized spacial score (nSPS) is 12.9. The maximum Gasteiger partial charge on any atom is 0.451 e. The first-order valence-electron chi connectivity index (χ1n) is 6.72. The predicted molar refractivity (Wildman–Crippen MR) is 83.1 cm³/mol. The summed E-state index contributed by atoms with van der Waals surface area (Å²) in [5.74, 6) is -1.51. The van der Waals surface area contributed by atoms with Crippen molar-refractivity contribution in [2.24, 2.45) is 0 Å². The van der Waals surface area contributed by atoms with Gasteiger partial charge < -0.3 is 5.32 Å². The number of alkyl halides is 3. The molecule has 0 saturated carbocycles. The highest BCUT2D eigenvalue weighted by atomic mass is 32.2. The number of nitrogens with zero attached hydrogens (tertiary/aromatic N) is 2. The van der Waals surface area contributed by atoms with Crippen molar-refractivity contribution in [2.45, 2.75) is 23.4 Å². The SMILES string of the molecule is C=CCNC(=O)C(C)Sc1nc(C(F)(F)F)nc2ccccc12. The summed E-state index contributed by atoms with van der Waals surface area (Å²) >= 11 is 0.964. The number of para-hydroxylation sites is 1. The fraction of sp³-hybridized carbons (Fsp3) is 0.267. The van der Waals surface area contributed by atoms with Gasteiger partial charge in [0.15, 0.2) is 0 Å². The Morgan fingerprint density at radius 2 is 2.09 bits per heavy atom. The van der Waals surface area contributed by atoms with E-state index in [1.54, 1.807) is 25.1 Å². The molecule has 2 aromatic rings. The van der Waals surface area contributed by atoms with Gasteiger partial charge in [-0.15, -0.1) is 6.58 Å². The van der Waals surface area contributed by atoms with E-state index in [1.807, 2.05) is 0 Å². The third-order valence-electron chi connectivity index (χ3n) is 2.90. The average Bonchev–Trinajstić information content (AvgIpc) is 2.51. The van der Waals surface area contributed by atoms with E-state index in [9.17, 15) is 18.0 Å². The number of rotatable bonds is 5. The number of benzene rings is 1. The highest BCUT2D eigenvalue weighted by Gasteiger charge is 2.35. The second-order valence-corrected chi connectivity index (χ2v) is 5.99. The van der Waals surface area contributed by atoms with Crippen LogP contribution in [0.15, 0.2) is 41.9 Å². The zero-order valence-electron chi connectivity index (χ0n) is 12.2. The van der Waals surface area contributed by atoms with Crippen LogP contribution < -0.4 is 5.32 Å². The summed E-state index contributed by atoms with van der Waals surface area (Å²) in [7, 11) is 0. The summed E-state index contributed by atoms with van der Waals surface area (Å²) in [5, 5.41) is 2.61. The second-order valence-electron chi connectivity index (χ2n) is 4.66. The van der Waals surface area contributed by atoms with Gasteiger partial charge >= 0.3 is 6.18 Å². The van der Waals surface area contributed by atoms with Crippen molar-refractivity contribution in [2.75, 3.05) is 6.54 Å². The first-order chi connectivity index (χ1) is 10.8. The number of halogens is 3. The first-order valence-corrected chi connectivity index (χ1v) is 7.60. The molecule has 1 aromatic carbocycles. The molecule has 23 heavy (non-hydrogen) atoms. The van der Waals surface area contributed by atoms with Crippen molar-refractivity contribution in [3.8, 4) is 0 Å². The van der Waals surface area contributed by atoms with Gasteiger partial charge in [-0.3, -0.25) is 4.79 Å². The van der Waals surface area contributed by atoms with Crippen LogP contribution in [0.1, 0.15) is 12.7 Å². The van der Waals surface area contributed by atoms with Crippen LogP contribution in [-0.2, 0) is 11.0 Å². The molecule has 0 aliphatic carbocycles. The lowest BCUT2D eigenvalue weighted by molar-refractivity contribution is -0.145. The number of carbonyl (C=O) groups is 1. The molecule has 0 aliphatic heterocycles. The van der Waals surface area contributed by atoms with Gasteiger partial charge in [0.05, 0.1) is 10.8 Å². The van der Waals surface area contributed by atoms with Gasteiger partial charge in [-0.05, 0) is 13.0 Å². The fourth-order valence-electron chi connectivity index (χ4n) is 1.80. The molecule has 1 amide bonds. The smallest absolute Gasteiger partial charge is 0.352 e. The zero-order valence-corrected chi connectivity index (χ0v) is 13.0. The lowest BCUT2D eigenvalue weighted by Gasteiger charge is -2.14. The Bertz CT molecular complexity index is 733. The van der Waals surface area contributed by atoms with E-state index in [2.05, 4.69) is 21.9 Å². The molecular formula is C15H14F3N3OS. The largest absolute Gasteiger partial charge is 0.451 e. The van der Waals surface area contributed by atoms with Crippen molar-refractivity contribution in [3.05, 3.63) is 42.7 Å². The Labute approximate surface area is 135 Å². The third-order valence-corrected chi connectivity index (χ3v) is 4.00. The molecule has 4 nitrogen and oxygen atoms in total. The summed E-state index contributed by atoms with van der Waals surface area (Å²) in [6, 6.07) is 6.40. The summed E-state index contributed by atoms with van der Waals surface area (Å²) in [4.78, 5) is 19.0. The summed E-state index contributed by atoms with van der Waals surface area (Å²) < 4.78 is 38.8. The Morgan fingerprint density at radius 1 is 1.39 bits per heavy atom. The van der Waals surface area contributed by atoms with E-state index in [0.717, 1.165) is 11.8 Å². The second kappa shape index (κ2) is 6.99. The third kappa shape index (κ3) is 4.22. The monoisotopic (exact) mass is 341 g/mol. The van der Waals surface area contributed by atoms with Gasteiger partial charge in [0.25, 0.3) is 0 Å². The molecule has 1 unspecified atom stereocenters. The average molecular weight is 341 g/mol. The maximum atomic E-state index is 12.9. The number of hydrogen-bond acceptors (Lipinski definition) is 4. The van der Waals surface area contributed by atoms with E-state index in [1.165, 1.54) is 12.1 Å². The van der Waals surface area contributed by atoms with Crippen molar-refractivity contribution in [3.63, 3.8) is 0 Å². The molecule has 122 valence electrons. The predicted octanol–water partition coefficient (Wildman–Crippen LogP) is 3.43. The maximum absolute atomic E-state index is 12.9. The number of amides is 1. The van der Waals surface area contributed by atoms with Gasteiger partial charge in [0, 0.05) is 11.9 Å². The number of carbonyl (C=O) groups excluding carboxylic acids is 1. The van der Waals surface area contributed by atoms with Crippen molar-refractivity contribution < 1.29 is 18.0 Å². The molecule has 1 aromatic heterocycles. The molecule has 1 N–H and O–H groups in total.